The van der Waals surface area contributed by atoms with Gasteiger partial charge in [-0.1, -0.05) is 42.5 Å². The van der Waals surface area contributed by atoms with Crippen molar-refractivity contribution in [3.8, 4) is 0 Å². The number of rotatable bonds is 6. The zero-order valence-electron chi connectivity index (χ0n) is 12.4. The molecule has 0 spiro atoms. The number of aromatic nitrogens is 1. The van der Waals surface area contributed by atoms with Gasteiger partial charge in [0.2, 0.25) is 0 Å². The number of unbranched alkanes of at least 4 members (excludes halogenated alkanes) is 1. The Morgan fingerprint density at radius 2 is 1.77 bits per heavy atom. The van der Waals surface area contributed by atoms with Crippen LogP contribution in [0.4, 0.5) is 10.1 Å². The number of fused-ring (bicyclic) bond motifs is 1. The summed E-state index contributed by atoms with van der Waals surface area (Å²) in [4.78, 5) is 4.11. The van der Waals surface area contributed by atoms with E-state index in [1.54, 1.807) is 12.3 Å². The molecule has 0 radical (unpaired) electrons. The second kappa shape index (κ2) is 7.03. The van der Waals surface area contributed by atoms with E-state index in [2.05, 4.69) is 34.6 Å². The van der Waals surface area contributed by atoms with Crippen LogP contribution in [0.1, 0.15) is 18.4 Å². The monoisotopic (exact) mass is 294 g/mol. The molecule has 112 valence electrons. The Kier molecular flexibility index (Phi) is 4.64. The Bertz CT molecular complexity index is 741. The SMILES string of the molecule is Fc1cccc2c(NCCCCc3ccccc3)ccnc12. The Hall–Kier alpha value is -2.42. The normalized spacial score (nSPS) is 10.8. The van der Waals surface area contributed by atoms with Crippen molar-refractivity contribution in [2.45, 2.75) is 19.3 Å². The molecular weight excluding hydrogens is 275 g/mol. The number of benzene rings is 2. The van der Waals surface area contributed by atoms with Crippen LogP contribution in [0.2, 0.25) is 0 Å². The molecule has 2 nitrogen and oxygen atoms in total. The first-order chi connectivity index (χ1) is 10.8. The number of anilines is 1. The molecule has 0 saturated heterocycles. The number of halogens is 1. The number of hydrogen-bond donors (Lipinski definition) is 1. The van der Waals surface area contributed by atoms with Gasteiger partial charge in [-0.2, -0.15) is 0 Å². The highest BCUT2D eigenvalue weighted by molar-refractivity contribution is 5.91. The minimum Gasteiger partial charge on any atom is -0.384 e. The van der Waals surface area contributed by atoms with Gasteiger partial charge in [0.1, 0.15) is 11.3 Å². The fourth-order valence-electron chi connectivity index (χ4n) is 2.62. The molecule has 0 unspecified atom stereocenters. The van der Waals surface area contributed by atoms with Crippen LogP contribution in [0.15, 0.2) is 60.8 Å². The molecular formula is C19H19FN2. The maximum absolute atomic E-state index is 13.7. The van der Waals surface area contributed by atoms with Crippen molar-refractivity contribution in [3.63, 3.8) is 0 Å². The average Bonchev–Trinajstić information content (AvgIpc) is 2.56. The Morgan fingerprint density at radius 3 is 2.64 bits per heavy atom. The smallest absolute Gasteiger partial charge is 0.149 e. The molecule has 0 saturated carbocycles. The predicted octanol–water partition coefficient (Wildman–Crippen LogP) is 4.81. The summed E-state index contributed by atoms with van der Waals surface area (Å²) in [6.45, 7) is 0.877. The van der Waals surface area contributed by atoms with Gasteiger partial charge >= 0.3 is 0 Å². The molecule has 0 atom stereocenters. The number of nitrogens with zero attached hydrogens (tertiary/aromatic N) is 1. The number of aryl methyl sites for hydroxylation is 1. The first kappa shape index (κ1) is 14.5. The molecule has 0 aliphatic heterocycles. The van der Waals surface area contributed by atoms with Crippen molar-refractivity contribution in [1.29, 1.82) is 0 Å². The number of pyridine rings is 1. The topological polar surface area (TPSA) is 24.9 Å². The van der Waals surface area contributed by atoms with E-state index in [0.29, 0.717) is 5.52 Å². The standard InChI is InChI=1S/C19H19FN2/c20-17-11-6-10-16-18(12-14-22-19(16)17)21-13-5-4-9-15-7-2-1-3-8-15/h1-3,6-8,10-12,14H,4-5,9,13H2,(H,21,22). The number of nitrogens with one attached hydrogen (secondary N) is 1. The zero-order valence-corrected chi connectivity index (χ0v) is 12.4. The Labute approximate surface area is 130 Å². The lowest BCUT2D eigenvalue weighted by molar-refractivity contribution is 0.637. The highest BCUT2D eigenvalue weighted by Gasteiger charge is 2.05. The van der Waals surface area contributed by atoms with E-state index in [9.17, 15) is 4.39 Å². The van der Waals surface area contributed by atoms with Gasteiger partial charge in [0.25, 0.3) is 0 Å². The van der Waals surface area contributed by atoms with Crippen LogP contribution < -0.4 is 5.32 Å². The lowest BCUT2D eigenvalue weighted by atomic mass is 10.1. The molecule has 3 rings (SSSR count). The second-order valence-electron chi connectivity index (χ2n) is 5.36. The molecule has 0 fully saturated rings. The van der Waals surface area contributed by atoms with Crippen LogP contribution in [-0.4, -0.2) is 11.5 Å². The minimum atomic E-state index is -0.273. The second-order valence-corrected chi connectivity index (χ2v) is 5.36. The third-order valence-electron chi connectivity index (χ3n) is 3.77. The van der Waals surface area contributed by atoms with E-state index in [1.807, 2.05) is 18.2 Å². The summed E-state index contributed by atoms with van der Waals surface area (Å²) < 4.78 is 13.7. The lowest BCUT2D eigenvalue weighted by Gasteiger charge is -2.09. The first-order valence-corrected chi connectivity index (χ1v) is 7.65. The molecule has 1 heterocycles. The van der Waals surface area contributed by atoms with Crippen LogP contribution in [0.5, 0.6) is 0 Å². The quantitative estimate of drug-likeness (QED) is 0.660. The van der Waals surface area contributed by atoms with Crippen LogP contribution in [0.25, 0.3) is 10.9 Å². The van der Waals surface area contributed by atoms with Crippen LogP contribution in [0.3, 0.4) is 0 Å². The van der Waals surface area contributed by atoms with Crippen LogP contribution >= 0.6 is 0 Å². The maximum atomic E-state index is 13.7. The minimum absolute atomic E-state index is 0.273. The largest absolute Gasteiger partial charge is 0.384 e. The Morgan fingerprint density at radius 1 is 0.909 bits per heavy atom. The van der Waals surface area contributed by atoms with Gasteiger partial charge in [0.05, 0.1) is 0 Å². The van der Waals surface area contributed by atoms with E-state index in [0.717, 1.165) is 36.9 Å². The van der Waals surface area contributed by atoms with E-state index < -0.39 is 0 Å². The van der Waals surface area contributed by atoms with E-state index in [-0.39, 0.29) is 5.82 Å². The number of hydrogen-bond acceptors (Lipinski definition) is 2. The van der Waals surface area contributed by atoms with Crippen molar-refractivity contribution >= 4 is 16.6 Å². The predicted molar refractivity (Wildman–Crippen MR) is 89.6 cm³/mol. The molecule has 1 aromatic heterocycles. The summed E-state index contributed by atoms with van der Waals surface area (Å²) in [5, 5.41) is 4.23. The van der Waals surface area contributed by atoms with E-state index in [4.69, 9.17) is 0 Å². The summed E-state index contributed by atoms with van der Waals surface area (Å²) in [5.41, 5.74) is 2.75. The van der Waals surface area contributed by atoms with Crippen molar-refractivity contribution < 1.29 is 4.39 Å². The summed E-state index contributed by atoms with van der Waals surface area (Å²) in [6.07, 6.45) is 4.95. The molecule has 3 heteroatoms. The van der Waals surface area contributed by atoms with Crippen molar-refractivity contribution in [2.75, 3.05) is 11.9 Å². The first-order valence-electron chi connectivity index (χ1n) is 7.65. The van der Waals surface area contributed by atoms with Crippen LogP contribution in [-0.2, 0) is 6.42 Å². The number of para-hydroxylation sites is 1. The van der Waals surface area contributed by atoms with Crippen LogP contribution in [0, 0.1) is 5.82 Å². The van der Waals surface area contributed by atoms with Gasteiger partial charge in [-0.05, 0) is 37.0 Å². The zero-order chi connectivity index (χ0) is 15.2. The fourth-order valence-corrected chi connectivity index (χ4v) is 2.62. The van der Waals surface area contributed by atoms with Gasteiger partial charge in [-0.15, -0.1) is 0 Å². The molecule has 2 aromatic carbocycles. The highest BCUT2D eigenvalue weighted by atomic mass is 19.1. The van der Waals surface area contributed by atoms with E-state index in [1.165, 1.54) is 11.6 Å². The summed E-state index contributed by atoms with van der Waals surface area (Å²) in [7, 11) is 0. The third kappa shape index (κ3) is 3.42. The van der Waals surface area contributed by atoms with Crippen molar-refractivity contribution in [1.82, 2.24) is 4.98 Å². The molecule has 3 aromatic rings. The summed E-state index contributed by atoms with van der Waals surface area (Å²) >= 11 is 0. The fraction of sp³-hybridized carbons (Fsp3) is 0.211. The molecule has 0 aliphatic carbocycles. The lowest BCUT2D eigenvalue weighted by Crippen LogP contribution is -2.03. The van der Waals surface area contributed by atoms with Gasteiger partial charge in [0, 0.05) is 23.8 Å². The van der Waals surface area contributed by atoms with Crippen molar-refractivity contribution in [3.05, 3.63) is 72.2 Å². The molecule has 0 aliphatic rings. The van der Waals surface area contributed by atoms with Gasteiger partial charge in [-0.25, -0.2) is 4.39 Å². The Balaban J connectivity index is 1.55. The molecule has 1 N–H and O–H groups in total. The molecule has 0 bridgehead atoms. The summed E-state index contributed by atoms with van der Waals surface area (Å²) in [5.74, 6) is -0.273. The van der Waals surface area contributed by atoms with E-state index >= 15 is 0 Å². The molecule has 22 heavy (non-hydrogen) atoms. The van der Waals surface area contributed by atoms with Crippen molar-refractivity contribution in [2.24, 2.45) is 0 Å². The van der Waals surface area contributed by atoms with Gasteiger partial charge in [0.15, 0.2) is 0 Å². The maximum Gasteiger partial charge on any atom is 0.149 e. The highest BCUT2D eigenvalue weighted by Crippen LogP contribution is 2.23. The van der Waals surface area contributed by atoms with Gasteiger partial charge in [-0.3, -0.25) is 4.98 Å². The molecule has 0 amide bonds. The van der Waals surface area contributed by atoms with Gasteiger partial charge < -0.3 is 5.32 Å². The average molecular weight is 294 g/mol. The summed E-state index contributed by atoms with van der Waals surface area (Å²) in [6, 6.07) is 17.5. The third-order valence-corrected chi connectivity index (χ3v) is 3.77.